The summed E-state index contributed by atoms with van der Waals surface area (Å²) >= 11 is 0. The maximum absolute atomic E-state index is 13.1. The summed E-state index contributed by atoms with van der Waals surface area (Å²) in [5.41, 5.74) is 4.73. The molecule has 0 atom stereocenters. The third kappa shape index (κ3) is 4.06. The number of aryl methyl sites for hydroxylation is 2. The predicted octanol–water partition coefficient (Wildman–Crippen LogP) is 3.86. The highest BCUT2D eigenvalue weighted by atomic mass is 16.2. The second-order valence-electron chi connectivity index (χ2n) is 7.53. The lowest BCUT2D eigenvalue weighted by Gasteiger charge is -2.19. The number of nitrogens with zero attached hydrogens (tertiary/aromatic N) is 1. The molecule has 1 aliphatic heterocycles. The Bertz CT molecular complexity index is 1020. The van der Waals surface area contributed by atoms with Crippen molar-refractivity contribution in [2.24, 2.45) is 0 Å². The maximum atomic E-state index is 13.1. The number of anilines is 2. The molecule has 2 aromatic rings. The zero-order valence-corrected chi connectivity index (χ0v) is 17.3. The molecular formula is C23H25N3O3. The number of benzene rings is 2. The Kier molecular flexibility index (Phi) is 5.55. The second-order valence-corrected chi connectivity index (χ2v) is 7.53. The van der Waals surface area contributed by atoms with Crippen LogP contribution in [-0.2, 0) is 14.4 Å². The van der Waals surface area contributed by atoms with Crippen LogP contribution in [0.2, 0.25) is 0 Å². The number of carbonyl (C=O) groups is 3. The van der Waals surface area contributed by atoms with Gasteiger partial charge in [-0.1, -0.05) is 29.8 Å². The number of hydrogen-bond donors (Lipinski definition) is 2. The monoisotopic (exact) mass is 391 g/mol. The smallest absolute Gasteiger partial charge is 0.278 e. The van der Waals surface area contributed by atoms with Crippen molar-refractivity contribution in [3.63, 3.8) is 0 Å². The van der Waals surface area contributed by atoms with Gasteiger partial charge in [0.25, 0.3) is 11.8 Å². The van der Waals surface area contributed by atoms with Crippen molar-refractivity contribution >= 4 is 34.7 Å². The molecule has 150 valence electrons. The lowest BCUT2D eigenvalue weighted by Crippen LogP contribution is -2.38. The van der Waals surface area contributed by atoms with Gasteiger partial charge in [-0.05, 0) is 57.0 Å². The topological polar surface area (TPSA) is 78.5 Å². The summed E-state index contributed by atoms with van der Waals surface area (Å²) in [5, 5.41) is 5.90. The van der Waals surface area contributed by atoms with Crippen LogP contribution in [0.15, 0.2) is 48.2 Å². The van der Waals surface area contributed by atoms with Crippen molar-refractivity contribution in [3.8, 4) is 0 Å². The Morgan fingerprint density at radius 3 is 2.17 bits per heavy atom. The van der Waals surface area contributed by atoms with Gasteiger partial charge in [0.2, 0.25) is 5.91 Å². The minimum Gasteiger partial charge on any atom is -0.350 e. The average Bonchev–Trinajstić information content (AvgIpc) is 2.88. The van der Waals surface area contributed by atoms with Gasteiger partial charge in [-0.25, -0.2) is 0 Å². The van der Waals surface area contributed by atoms with E-state index < -0.39 is 0 Å². The Hall–Kier alpha value is -3.41. The molecule has 0 radical (unpaired) electrons. The summed E-state index contributed by atoms with van der Waals surface area (Å²) < 4.78 is 0. The van der Waals surface area contributed by atoms with Gasteiger partial charge in [0.15, 0.2) is 0 Å². The largest absolute Gasteiger partial charge is 0.350 e. The van der Waals surface area contributed by atoms with Crippen molar-refractivity contribution in [1.29, 1.82) is 0 Å². The fourth-order valence-electron chi connectivity index (χ4n) is 3.41. The van der Waals surface area contributed by atoms with Gasteiger partial charge in [-0.2, -0.15) is 0 Å². The Labute approximate surface area is 170 Å². The van der Waals surface area contributed by atoms with Crippen LogP contribution in [0.3, 0.4) is 0 Å². The van der Waals surface area contributed by atoms with E-state index >= 15 is 0 Å². The predicted molar refractivity (Wildman–Crippen MR) is 114 cm³/mol. The number of carbonyl (C=O) groups excluding carboxylic acids is 3. The van der Waals surface area contributed by atoms with Gasteiger partial charge in [-0.15, -0.1) is 0 Å². The van der Waals surface area contributed by atoms with Crippen LogP contribution >= 0.6 is 0 Å². The van der Waals surface area contributed by atoms with Crippen LogP contribution in [-0.4, -0.2) is 28.7 Å². The molecule has 0 fully saturated rings. The number of hydrogen-bond acceptors (Lipinski definition) is 4. The molecule has 2 N–H and O–H groups in total. The fraction of sp³-hybridized carbons (Fsp3) is 0.261. The van der Waals surface area contributed by atoms with E-state index in [9.17, 15) is 14.4 Å². The number of rotatable bonds is 5. The first-order chi connectivity index (χ1) is 13.7. The van der Waals surface area contributed by atoms with Crippen LogP contribution in [0.1, 0.15) is 37.5 Å². The van der Waals surface area contributed by atoms with E-state index in [4.69, 9.17) is 0 Å². The average molecular weight is 391 g/mol. The van der Waals surface area contributed by atoms with E-state index in [1.54, 1.807) is 24.3 Å². The molecule has 6 heteroatoms. The molecule has 0 saturated heterocycles. The third-order valence-electron chi connectivity index (χ3n) is 4.77. The van der Waals surface area contributed by atoms with E-state index in [2.05, 4.69) is 10.6 Å². The van der Waals surface area contributed by atoms with Crippen LogP contribution in [0.25, 0.3) is 5.57 Å². The Balaban J connectivity index is 2.07. The maximum Gasteiger partial charge on any atom is 0.278 e. The van der Waals surface area contributed by atoms with Gasteiger partial charge in [0.05, 0.1) is 5.57 Å². The molecule has 3 rings (SSSR count). The molecule has 1 aliphatic rings. The highest BCUT2D eigenvalue weighted by Gasteiger charge is 2.40. The third-order valence-corrected chi connectivity index (χ3v) is 4.77. The number of imide groups is 1. The van der Waals surface area contributed by atoms with Crippen LogP contribution in [0.4, 0.5) is 11.4 Å². The highest BCUT2D eigenvalue weighted by Crippen LogP contribution is 2.33. The molecule has 6 nitrogen and oxygen atoms in total. The van der Waals surface area contributed by atoms with Gasteiger partial charge in [-0.3, -0.25) is 19.3 Å². The molecule has 0 aliphatic carbocycles. The quantitative estimate of drug-likeness (QED) is 0.759. The number of nitrogens with one attached hydrogen (secondary N) is 2. The van der Waals surface area contributed by atoms with Crippen LogP contribution in [0.5, 0.6) is 0 Å². The molecule has 3 amide bonds. The number of amides is 3. The van der Waals surface area contributed by atoms with Gasteiger partial charge in [0.1, 0.15) is 5.70 Å². The minimum atomic E-state index is -0.342. The van der Waals surface area contributed by atoms with E-state index in [-0.39, 0.29) is 29.5 Å². The SMILES string of the molecule is CC(=O)Nc1ccc(C2=C(Nc3ccc(C)cc3C)C(=O)N(C(C)C)C2=O)cc1. The van der Waals surface area contributed by atoms with Crippen LogP contribution in [0, 0.1) is 13.8 Å². The first kappa shape index (κ1) is 20.3. The summed E-state index contributed by atoms with van der Waals surface area (Å²) in [6.07, 6.45) is 0. The molecular weight excluding hydrogens is 366 g/mol. The molecule has 29 heavy (non-hydrogen) atoms. The van der Waals surface area contributed by atoms with Crippen molar-refractivity contribution in [1.82, 2.24) is 4.90 Å². The second kappa shape index (κ2) is 7.91. The molecule has 0 saturated carbocycles. The summed E-state index contributed by atoms with van der Waals surface area (Å²) in [7, 11) is 0. The standard InChI is InChI=1S/C23H25N3O3/c1-13(2)26-22(28)20(17-7-9-18(10-8-17)24-16(5)27)21(23(26)29)25-19-11-6-14(3)12-15(19)4/h6-13,25H,1-5H3,(H,24,27). The minimum absolute atomic E-state index is 0.174. The summed E-state index contributed by atoms with van der Waals surface area (Å²) in [4.78, 5) is 38.7. The van der Waals surface area contributed by atoms with Crippen molar-refractivity contribution in [2.75, 3.05) is 10.6 Å². The Morgan fingerprint density at radius 1 is 0.966 bits per heavy atom. The first-order valence-electron chi connectivity index (χ1n) is 9.53. The van der Waals surface area contributed by atoms with Crippen molar-refractivity contribution < 1.29 is 14.4 Å². The normalized spacial score (nSPS) is 14.1. The molecule has 0 bridgehead atoms. The molecule has 1 heterocycles. The van der Waals surface area contributed by atoms with Gasteiger partial charge in [0, 0.05) is 24.3 Å². The fourth-order valence-corrected chi connectivity index (χ4v) is 3.41. The lowest BCUT2D eigenvalue weighted by molar-refractivity contribution is -0.138. The van der Waals surface area contributed by atoms with Crippen molar-refractivity contribution in [3.05, 3.63) is 64.9 Å². The summed E-state index contributed by atoms with van der Waals surface area (Å²) in [5.74, 6) is -0.845. The van der Waals surface area contributed by atoms with Gasteiger partial charge < -0.3 is 10.6 Å². The molecule has 0 unspecified atom stereocenters. The summed E-state index contributed by atoms with van der Waals surface area (Å²) in [6.45, 7) is 9.02. The zero-order valence-electron chi connectivity index (χ0n) is 17.3. The van der Waals surface area contributed by atoms with E-state index in [0.717, 1.165) is 16.8 Å². The van der Waals surface area contributed by atoms with E-state index in [1.165, 1.54) is 11.8 Å². The lowest BCUT2D eigenvalue weighted by atomic mass is 10.0. The van der Waals surface area contributed by atoms with Crippen molar-refractivity contribution in [2.45, 2.75) is 40.7 Å². The molecule has 0 spiro atoms. The highest BCUT2D eigenvalue weighted by molar-refractivity contribution is 6.36. The zero-order chi connectivity index (χ0) is 21.3. The van der Waals surface area contributed by atoms with E-state index in [1.807, 2.05) is 45.9 Å². The first-order valence-corrected chi connectivity index (χ1v) is 9.53. The van der Waals surface area contributed by atoms with Crippen LogP contribution < -0.4 is 10.6 Å². The van der Waals surface area contributed by atoms with Gasteiger partial charge >= 0.3 is 0 Å². The Morgan fingerprint density at radius 2 is 1.62 bits per heavy atom. The van der Waals surface area contributed by atoms with E-state index in [0.29, 0.717) is 16.8 Å². The molecule has 0 aromatic heterocycles. The summed E-state index contributed by atoms with van der Waals surface area (Å²) in [6, 6.07) is 12.5. The molecule has 2 aromatic carbocycles.